The minimum atomic E-state index is -0.647. The number of hydrogen-bond donors (Lipinski definition) is 2. The Morgan fingerprint density at radius 3 is 2.64 bits per heavy atom. The van der Waals surface area contributed by atoms with E-state index < -0.39 is 23.8 Å². The molecule has 8 nitrogen and oxygen atoms in total. The molecule has 0 fully saturated rings. The van der Waals surface area contributed by atoms with E-state index in [1.807, 2.05) is 30.3 Å². The van der Waals surface area contributed by atoms with E-state index in [1.54, 1.807) is 24.4 Å². The topological polar surface area (TPSA) is 110 Å². The number of amides is 1. The standard InChI is InChI=1S/C24H24ClN5O3/c1-16(10-11-25)18-8-6-17(7-9-18)13-19(28-23(31)22-15-27-30-29-22)14-20(24(32)33-2)21-5-3-4-12-26-21/h3-12,15,19-20H,1,13-14H2,2H3,(H,28,31)(H,27,29,30). The molecule has 0 spiro atoms. The number of ether oxygens (including phenoxy) is 1. The second kappa shape index (κ2) is 11.7. The highest BCUT2D eigenvalue weighted by atomic mass is 35.5. The normalized spacial score (nSPS) is 12.8. The zero-order chi connectivity index (χ0) is 23.6. The van der Waals surface area contributed by atoms with Crippen LogP contribution in [0, 0.1) is 0 Å². The van der Waals surface area contributed by atoms with Crippen LogP contribution < -0.4 is 5.32 Å². The molecule has 0 aliphatic carbocycles. The lowest BCUT2D eigenvalue weighted by atomic mass is 9.91. The van der Waals surface area contributed by atoms with Crippen molar-refractivity contribution < 1.29 is 14.3 Å². The summed E-state index contributed by atoms with van der Waals surface area (Å²) in [5.74, 6) is -1.46. The Kier molecular flexibility index (Phi) is 8.49. The molecule has 2 N–H and O–H groups in total. The minimum absolute atomic E-state index is 0.159. The summed E-state index contributed by atoms with van der Waals surface area (Å²) in [5, 5.41) is 12.9. The maximum atomic E-state index is 12.7. The largest absolute Gasteiger partial charge is 0.469 e. The molecule has 1 aromatic carbocycles. The molecule has 0 radical (unpaired) electrons. The van der Waals surface area contributed by atoms with Gasteiger partial charge in [-0.25, -0.2) is 0 Å². The second-order valence-electron chi connectivity index (χ2n) is 7.31. The van der Waals surface area contributed by atoms with Crippen LogP contribution in [0.25, 0.3) is 5.57 Å². The van der Waals surface area contributed by atoms with Crippen molar-refractivity contribution in [2.75, 3.05) is 7.11 Å². The summed E-state index contributed by atoms with van der Waals surface area (Å²) in [6.45, 7) is 3.97. The second-order valence-corrected chi connectivity index (χ2v) is 7.56. The van der Waals surface area contributed by atoms with E-state index in [-0.39, 0.29) is 12.1 Å². The first kappa shape index (κ1) is 23.9. The van der Waals surface area contributed by atoms with Crippen molar-refractivity contribution in [3.05, 3.63) is 95.6 Å². The van der Waals surface area contributed by atoms with Gasteiger partial charge in [0, 0.05) is 17.8 Å². The SMILES string of the molecule is C=C(C=CCl)c1ccc(CC(CC(C(=O)OC)c2ccccn2)NC(=O)c2cn[nH]n2)cc1. The molecular formula is C24H24ClN5O3. The number of pyridine rings is 1. The van der Waals surface area contributed by atoms with Crippen LogP contribution in [0.1, 0.15) is 39.6 Å². The lowest BCUT2D eigenvalue weighted by Crippen LogP contribution is -2.39. The zero-order valence-corrected chi connectivity index (χ0v) is 18.8. The molecule has 0 aliphatic heterocycles. The third-order valence-electron chi connectivity index (χ3n) is 5.10. The molecule has 3 aromatic rings. The van der Waals surface area contributed by atoms with Gasteiger partial charge >= 0.3 is 5.97 Å². The Labute approximate surface area is 196 Å². The number of aromatic amines is 1. The predicted octanol–water partition coefficient (Wildman–Crippen LogP) is 3.65. The van der Waals surface area contributed by atoms with E-state index in [0.717, 1.165) is 16.7 Å². The first-order valence-electron chi connectivity index (χ1n) is 10.2. The third-order valence-corrected chi connectivity index (χ3v) is 5.23. The number of H-pyrrole nitrogens is 1. The van der Waals surface area contributed by atoms with Gasteiger partial charge in [-0.1, -0.05) is 48.5 Å². The van der Waals surface area contributed by atoms with Crippen LogP contribution in [-0.2, 0) is 16.0 Å². The number of nitrogens with zero attached hydrogens (tertiary/aromatic N) is 3. The highest BCUT2D eigenvalue weighted by Crippen LogP contribution is 2.24. The molecule has 0 saturated carbocycles. The maximum Gasteiger partial charge on any atom is 0.314 e. The smallest absolute Gasteiger partial charge is 0.314 e. The number of benzene rings is 1. The van der Waals surface area contributed by atoms with Gasteiger partial charge in [-0.15, -0.1) is 0 Å². The van der Waals surface area contributed by atoms with E-state index >= 15 is 0 Å². The molecule has 2 aromatic heterocycles. The van der Waals surface area contributed by atoms with Gasteiger partial charge < -0.3 is 10.1 Å². The van der Waals surface area contributed by atoms with Gasteiger partial charge in [0.1, 0.15) is 5.92 Å². The van der Waals surface area contributed by atoms with Gasteiger partial charge in [0.2, 0.25) is 0 Å². The van der Waals surface area contributed by atoms with E-state index in [0.29, 0.717) is 12.1 Å². The van der Waals surface area contributed by atoms with Gasteiger partial charge in [-0.05, 0) is 47.8 Å². The Balaban J connectivity index is 1.84. The van der Waals surface area contributed by atoms with Crippen LogP contribution in [-0.4, -0.2) is 45.4 Å². The van der Waals surface area contributed by atoms with Crippen molar-refractivity contribution in [1.29, 1.82) is 0 Å². The average molecular weight is 466 g/mol. The number of rotatable bonds is 10. The lowest BCUT2D eigenvalue weighted by Gasteiger charge is -2.23. The minimum Gasteiger partial charge on any atom is -0.469 e. The summed E-state index contributed by atoms with van der Waals surface area (Å²) in [7, 11) is 1.34. The Morgan fingerprint density at radius 2 is 2.03 bits per heavy atom. The Hall–Kier alpha value is -3.78. The number of nitrogens with one attached hydrogen (secondary N) is 2. The number of aromatic nitrogens is 4. The van der Waals surface area contributed by atoms with Crippen molar-refractivity contribution in [3.63, 3.8) is 0 Å². The van der Waals surface area contributed by atoms with E-state index in [4.69, 9.17) is 16.3 Å². The molecule has 0 saturated heterocycles. The summed E-state index contributed by atoms with van der Waals surface area (Å²) in [6, 6.07) is 12.7. The molecular weight excluding hydrogens is 442 g/mol. The quantitative estimate of drug-likeness (QED) is 0.349. The molecule has 33 heavy (non-hydrogen) atoms. The van der Waals surface area contributed by atoms with Gasteiger partial charge in [-0.3, -0.25) is 14.6 Å². The number of hydrogen-bond acceptors (Lipinski definition) is 6. The first-order valence-corrected chi connectivity index (χ1v) is 10.7. The Bertz CT molecular complexity index is 1100. The van der Waals surface area contributed by atoms with Crippen LogP contribution in [0.5, 0.6) is 0 Å². The average Bonchev–Trinajstić information content (AvgIpc) is 3.38. The fraction of sp³-hybridized carbons (Fsp3) is 0.208. The van der Waals surface area contributed by atoms with E-state index in [9.17, 15) is 9.59 Å². The summed E-state index contributed by atoms with van der Waals surface area (Å²) in [6.07, 6.45) is 5.44. The summed E-state index contributed by atoms with van der Waals surface area (Å²) in [5.41, 5.74) is 4.83. The number of carbonyl (C=O) groups excluding carboxylic acids is 2. The fourth-order valence-corrected chi connectivity index (χ4v) is 3.57. The van der Waals surface area contributed by atoms with Crippen molar-refractivity contribution in [2.24, 2.45) is 0 Å². The first-order chi connectivity index (χ1) is 16.0. The zero-order valence-electron chi connectivity index (χ0n) is 18.1. The third kappa shape index (κ3) is 6.60. The molecule has 2 atom stereocenters. The molecule has 2 unspecified atom stereocenters. The molecule has 1 amide bonds. The maximum absolute atomic E-state index is 12.7. The van der Waals surface area contributed by atoms with Crippen molar-refractivity contribution in [3.8, 4) is 0 Å². The van der Waals surface area contributed by atoms with Crippen LogP contribution in [0.2, 0.25) is 0 Å². The van der Waals surface area contributed by atoms with Crippen LogP contribution in [0.3, 0.4) is 0 Å². The lowest BCUT2D eigenvalue weighted by molar-refractivity contribution is -0.142. The summed E-state index contributed by atoms with van der Waals surface area (Å²) in [4.78, 5) is 29.6. The Morgan fingerprint density at radius 1 is 1.24 bits per heavy atom. The molecule has 3 rings (SSSR count). The summed E-state index contributed by atoms with van der Waals surface area (Å²) >= 11 is 5.64. The predicted molar refractivity (Wildman–Crippen MR) is 125 cm³/mol. The van der Waals surface area contributed by atoms with Crippen molar-refractivity contribution >= 4 is 29.1 Å². The van der Waals surface area contributed by atoms with Gasteiger partial charge in [0.25, 0.3) is 5.91 Å². The number of carbonyl (C=O) groups is 2. The molecule has 0 bridgehead atoms. The summed E-state index contributed by atoms with van der Waals surface area (Å²) < 4.78 is 5.01. The van der Waals surface area contributed by atoms with Gasteiger partial charge in [-0.2, -0.15) is 15.4 Å². The van der Waals surface area contributed by atoms with Gasteiger partial charge in [0.05, 0.1) is 19.0 Å². The van der Waals surface area contributed by atoms with E-state index in [2.05, 4.69) is 32.3 Å². The fourth-order valence-electron chi connectivity index (χ4n) is 3.42. The molecule has 9 heteroatoms. The van der Waals surface area contributed by atoms with Crippen LogP contribution in [0.15, 0.2) is 73.0 Å². The van der Waals surface area contributed by atoms with Crippen LogP contribution >= 0.6 is 11.6 Å². The molecule has 170 valence electrons. The number of methoxy groups -OCH3 is 1. The van der Waals surface area contributed by atoms with Crippen molar-refractivity contribution in [2.45, 2.75) is 24.8 Å². The van der Waals surface area contributed by atoms with E-state index in [1.165, 1.54) is 18.8 Å². The number of allylic oxidation sites excluding steroid dienone is 2. The van der Waals surface area contributed by atoms with Crippen LogP contribution in [0.4, 0.5) is 0 Å². The monoisotopic (exact) mass is 465 g/mol. The van der Waals surface area contributed by atoms with Crippen molar-refractivity contribution in [1.82, 2.24) is 25.7 Å². The highest BCUT2D eigenvalue weighted by Gasteiger charge is 2.28. The molecule has 0 aliphatic rings. The van der Waals surface area contributed by atoms with Gasteiger partial charge in [0.15, 0.2) is 5.69 Å². The molecule has 2 heterocycles. The number of halogens is 1. The highest BCUT2D eigenvalue weighted by molar-refractivity contribution is 6.26. The number of esters is 1.